The predicted molar refractivity (Wildman–Crippen MR) is 83.5 cm³/mol. The largest absolute Gasteiger partial charge is 0.394 e. The molecule has 0 saturated heterocycles. The normalized spacial score (nSPS) is 17.7. The van der Waals surface area contributed by atoms with Gasteiger partial charge in [-0.1, -0.05) is 6.07 Å². The number of aromatic amines is 1. The van der Waals surface area contributed by atoms with E-state index in [0.29, 0.717) is 11.6 Å². The summed E-state index contributed by atoms with van der Waals surface area (Å²) in [4.78, 5) is 15.7. The van der Waals surface area contributed by atoms with Crippen LogP contribution in [0.3, 0.4) is 0 Å². The van der Waals surface area contributed by atoms with E-state index in [-0.39, 0.29) is 12.5 Å². The highest BCUT2D eigenvalue weighted by molar-refractivity contribution is 5.99. The number of nitrogens with one attached hydrogen (secondary N) is 2. The second-order valence-corrected chi connectivity index (χ2v) is 6.53. The molecule has 1 heterocycles. The van der Waals surface area contributed by atoms with Crippen LogP contribution >= 0.6 is 0 Å². The van der Waals surface area contributed by atoms with Crippen molar-refractivity contribution in [2.45, 2.75) is 39.2 Å². The third kappa shape index (κ3) is 2.56. The molecular formula is C17H22N2O2. The van der Waals surface area contributed by atoms with Crippen molar-refractivity contribution in [2.75, 3.05) is 6.61 Å². The first kappa shape index (κ1) is 14.1. The van der Waals surface area contributed by atoms with Gasteiger partial charge < -0.3 is 15.4 Å². The molecule has 0 spiro atoms. The zero-order valence-electron chi connectivity index (χ0n) is 12.8. The summed E-state index contributed by atoms with van der Waals surface area (Å²) in [5.74, 6) is 0.242. The van der Waals surface area contributed by atoms with Crippen molar-refractivity contribution in [3.05, 3.63) is 35.0 Å². The van der Waals surface area contributed by atoms with Crippen LogP contribution < -0.4 is 5.32 Å². The summed E-state index contributed by atoms with van der Waals surface area (Å²) in [5, 5.41) is 13.7. The molecule has 3 N–H and O–H groups in total. The van der Waals surface area contributed by atoms with Gasteiger partial charge in [0.15, 0.2) is 0 Å². The third-order valence-electron chi connectivity index (χ3n) is 4.54. The number of carbonyl (C=O) groups is 1. The minimum Gasteiger partial charge on any atom is -0.394 e. The Morgan fingerprint density at radius 3 is 2.71 bits per heavy atom. The summed E-state index contributed by atoms with van der Waals surface area (Å²) in [7, 11) is 0. The molecule has 0 bridgehead atoms. The van der Waals surface area contributed by atoms with Crippen molar-refractivity contribution in [1.29, 1.82) is 0 Å². The number of hydrogen-bond donors (Lipinski definition) is 3. The summed E-state index contributed by atoms with van der Waals surface area (Å²) < 4.78 is 0. The first-order chi connectivity index (χ1) is 9.93. The Balaban J connectivity index is 1.89. The number of benzene rings is 1. The maximum atomic E-state index is 12.5. The van der Waals surface area contributed by atoms with Gasteiger partial charge in [0.2, 0.25) is 0 Å². The molecule has 1 amide bonds. The van der Waals surface area contributed by atoms with E-state index >= 15 is 0 Å². The molecule has 2 aromatic rings. The van der Waals surface area contributed by atoms with Gasteiger partial charge in [-0.3, -0.25) is 4.79 Å². The lowest BCUT2D eigenvalue weighted by atomic mass is 9.97. The van der Waals surface area contributed by atoms with Crippen LogP contribution in [0.15, 0.2) is 18.2 Å². The maximum Gasteiger partial charge on any atom is 0.268 e. The minimum atomic E-state index is -0.515. The van der Waals surface area contributed by atoms with Crippen molar-refractivity contribution in [3.63, 3.8) is 0 Å². The van der Waals surface area contributed by atoms with Crippen molar-refractivity contribution >= 4 is 16.8 Å². The Hall–Kier alpha value is -1.81. The van der Waals surface area contributed by atoms with E-state index in [9.17, 15) is 9.90 Å². The fraction of sp³-hybridized carbons (Fsp3) is 0.471. The SMILES string of the molecule is Cc1cc(C)c2cc(C(=O)NC(C)(CO)C3CC3)[nH]c2c1. The smallest absolute Gasteiger partial charge is 0.268 e. The van der Waals surface area contributed by atoms with Gasteiger partial charge in [-0.05, 0) is 62.8 Å². The average Bonchev–Trinajstić information content (AvgIpc) is 3.19. The molecule has 1 aliphatic rings. The number of aryl methyl sites for hydroxylation is 2. The number of carbonyl (C=O) groups excluding carboxylic acids is 1. The summed E-state index contributed by atoms with van der Waals surface area (Å²) in [5.41, 5.74) is 3.35. The highest BCUT2D eigenvalue weighted by Crippen LogP contribution is 2.39. The summed E-state index contributed by atoms with van der Waals surface area (Å²) in [6.07, 6.45) is 2.14. The lowest BCUT2D eigenvalue weighted by Gasteiger charge is -2.28. The van der Waals surface area contributed by atoms with Crippen LogP contribution in [0.5, 0.6) is 0 Å². The third-order valence-corrected chi connectivity index (χ3v) is 4.54. The molecular weight excluding hydrogens is 264 g/mol. The van der Waals surface area contributed by atoms with Gasteiger partial charge in [0.25, 0.3) is 5.91 Å². The number of fused-ring (bicyclic) bond motifs is 1. The first-order valence-electron chi connectivity index (χ1n) is 7.46. The minimum absolute atomic E-state index is 0.0260. The first-order valence-corrected chi connectivity index (χ1v) is 7.46. The lowest BCUT2D eigenvalue weighted by molar-refractivity contribution is 0.0820. The van der Waals surface area contributed by atoms with E-state index in [0.717, 1.165) is 29.3 Å². The van der Waals surface area contributed by atoms with Gasteiger partial charge in [-0.25, -0.2) is 0 Å². The molecule has 1 unspecified atom stereocenters. The van der Waals surface area contributed by atoms with Crippen molar-refractivity contribution in [2.24, 2.45) is 5.92 Å². The van der Waals surface area contributed by atoms with E-state index in [1.165, 1.54) is 5.56 Å². The van der Waals surface area contributed by atoms with Crippen LogP contribution in [0, 0.1) is 19.8 Å². The Morgan fingerprint density at radius 1 is 1.38 bits per heavy atom. The maximum absolute atomic E-state index is 12.5. The van der Waals surface area contributed by atoms with Crippen LogP contribution in [0.4, 0.5) is 0 Å². The van der Waals surface area contributed by atoms with Gasteiger partial charge in [0, 0.05) is 10.9 Å². The fourth-order valence-electron chi connectivity index (χ4n) is 3.04. The zero-order chi connectivity index (χ0) is 15.2. The van der Waals surface area contributed by atoms with Crippen LogP contribution in [-0.2, 0) is 0 Å². The van der Waals surface area contributed by atoms with Crippen LogP contribution in [0.2, 0.25) is 0 Å². The second-order valence-electron chi connectivity index (χ2n) is 6.53. The van der Waals surface area contributed by atoms with E-state index < -0.39 is 5.54 Å². The van der Waals surface area contributed by atoms with E-state index in [4.69, 9.17) is 0 Å². The number of aromatic nitrogens is 1. The van der Waals surface area contributed by atoms with Crippen molar-refractivity contribution < 1.29 is 9.90 Å². The number of aliphatic hydroxyl groups excluding tert-OH is 1. The molecule has 0 aliphatic heterocycles. The summed E-state index contributed by atoms with van der Waals surface area (Å²) >= 11 is 0. The van der Waals surface area contributed by atoms with E-state index in [1.54, 1.807) is 0 Å². The fourth-order valence-corrected chi connectivity index (χ4v) is 3.04. The number of amides is 1. The monoisotopic (exact) mass is 286 g/mol. The predicted octanol–water partition coefficient (Wildman–Crippen LogP) is 2.68. The summed E-state index contributed by atoms with van der Waals surface area (Å²) in [6.45, 7) is 5.98. The van der Waals surface area contributed by atoms with Gasteiger partial charge in [0.05, 0.1) is 12.1 Å². The van der Waals surface area contributed by atoms with Gasteiger partial charge in [0.1, 0.15) is 5.69 Å². The highest BCUT2D eigenvalue weighted by atomic mass is 16.3. The average molecular weight is 286 g/mol. The van der Waals surface area contributed by atoms with Crippen LogP contribution in [0.25, 0.3) is 10.9 Å². The standard InChI is InChI=1S/C17H22N2O2/c1-10-6-11(2)13-8-15(18-14(13)7-10)16(21)19-17(3,9-20)12-4-5-12/h6-8,12,18,20H,4-5,9H2,1-3H3,(H,19,21). The molecule has 1 aliphatic carbocycles. The molecule has 3 rings (SSSR count). The molecule has 4 heteroatoms. The van der Waals surface area contributed by atoms with Gasteiger partial charge in [-0.15, -0.1) is 0 Å². The van der Waals surface area contributed by atoms with Crippen LogP contribution in [0.1, 0.15) is 41.4 Å². The molecule has 4 nitrogen and oxygen atoms in total. The molecule has 1 aromatic heterocycles. The topological polar surface area (TPSA) is 65.1 Å². The second kappa shape index (κ2) is 4.88. The van der Waals surface area contributed by atoms with E-state index in [1.807, 2.05) is 32.9 Å². The zero-order valence-corrected chi connectivity index (χ0v) is 12.8. The Labute approximate surface area is 124 Å². The number of hydrogen-bond acceptors (Lipinski definition) is 2. The van der Waals surface area contributed by atoms with Crippen molar-refractivity contribution in [1.82, 2.24) is 10.3 Å². The number of aliphatic hydroxyl groups is 1. The van der Waals surface area contributed by atoms with Crippen molar-refractivity contribution in [3.8, 4) is 0 Å². The van der Waals surface area contributed by atoms with Gasteiger partial charge >= 0.3 is 0 Å². The molecule has 21 heavy (non-hydrogen) atoms. The molecule has 0 radical (unpaired) electrons. The Morgan fingerprint density at radius 2 is 2.10 bits per heavy atom. The molecule has 1 saturated carbocycles. The number of rotatable bonds is 4. The highest BCUT2D eigenvalue weighted by Gasteiger charge is 2.42. The van der Waals surface area contributed by atoms with E-state index in [2.05, 4.69) is 16.4 Å². The Bertz CT molecular complexity index is 700. The van der Waals surface area contributed by atoms with Crippen LogP contribution in [-0.4, -0.2) is 28.1 Å². The molecule has 112 valence electrons. The molecule has 1 aromatic carbocycles. The number of H-pyrrole nitrogens is 1. The lowest BCUT2D eigenvalue weighted by Crippen LogP contribution is -2.50. The Kier molecular flexibility index (Phi) is 3.29. The van der Waals surface area contributed by atoms with Gasteiger partial charge in [-0.2, -0.15) is 0 Å². The molecule has 1 atom stereocenters. The molecule has 1 fully saturated rings. The quantitative estimate of drug-likeness (QED) is 0.809. The summed E-state index contributed by atoms with van der Waals surface area (Å²) in [6, 6.07) is 6.05.